The highest BCUT2D eigenvalue weighted by Crippen LogP contribution is 1.97. The minimum absolute atomic E-state index is 0.0491. The van der Waals surface area contributed by atoms with E-state index in [-0.39, 0.29) is 12.5 Å². The van der Waals surface area contributed by atoms with Gasteiger partial charge in [-0.25, -0.2) is 0 Å². The van der Waals surface area contributed by atoms with E-state index in [1.807, 2.05) is 6.08 Å². The van der Waals surface area contributed by atoms with Crippen molar-refractivity contribution in [2.24, 2.45) is 0 Å². The normalized spacial score (nSPS) is 12.8. The van der Waals surface area contributed by atoms with Crippen molar-refractivity contribution < 1.29 is 9.90 Å². The number of rotatable bonds is 17. The van der Waals surface area contributed by atoms with Crippen LogP contribution < -0.4 is 5.32 Å². The molecule has 0 saturated heterocycles. The lowest BCUT2D eigenvalue weighted by Crippen LogP contribution is -2.24. The van der Waals surface area contributed by atoms with Gasteiger partial charge in [-0.2, -0.15) is 0 Å². The molecule has 1 amide bonds. The molecule has 0 aromatic carbocycles. The molecule has 3 heteroatoms. The Kier molecular flexibility index (Phi) is 21.2. The van der Waals surface area contributed by atoms with Crippen molar-refractivity contribution in [2.75, 3.05) is 13.2 Å². The first-order chi connectivity index (χ1) is 13.8. The molecule has 2 N–H and O–H groups in total. The molecule has 0 bridgehead atoms. The zero-order valence-electron chi connectivity index (χ0n) is 17.6. The molecule has 0 radical (unpaired) electrons. The molecule has 0 atom stereocenters. The lowest BCUT2D eigenvalue weighted by atomic mass is 10.2. The van der Waals surface area contributed by atoms with Gasteiger partial charge in [-0.3, -0.25) is 4.79 Å². The quantitative estimate of drug-likeness (QED) is 0.240. The molecule has 0 heterocycles. The summed E-state index contributed by atoms with van der Waals surface area (Å²) in [5, 5.41) is 11.4. The topological polar surface area (TPSA) is 49.3 Å². The smallest absolute Gasteiger partial charge is 0.220 e. The minimum atomic E-state index is 0.0491. The summed E-state index contributed by atoms with van der Waals surface area (Å²) in [7, 11) is 0. The zero-order chi connectivity index (χ0) is 20.5. The van der Waals surface area contributed by atoms with Crippen LogP contribution >= 0.6 is 0 Å². The molecule has 156 valence electrons. The van der Waals surface area contributed by atoms with E-state index in [4.69, 9.17) is 5.11 Å². The molecule has 28 heavy (non-hydrogen) atoms. The molecule has 0 unspecified atom stereocenters. The SMILES string of the molecule is CC/C=C/C/C=C/C/C=C/C/C=C/C/C=C/C/C=C/CCC(=O)NCCCO. The van der Waals surface area contributed by atoms with Gasteiger partial charge in [0.05, 0.1) is 0 Å². The van der Waals surface area contributed by atoms with E-state index in [0.717, 1.165) is 44.9 Å². The first kappa shape index (κ1) is 25.9. The Morgan fingerprint density at radius 1 is 0.714 bits per heavy atom. The van der Waals surface area contributed by atoms with Gasteiger partial charge in [0.2, 0.25) is 5.91 Å². The van der Waals surface area contributed by atoms with Crippen LogP contribution in [-0.4, -0.2) is 24.2 Å². The van der Waals surface area contributed by atoms with Gasteiger partial charge in [0.15, 0.2) is 0 Å². The zero-order valence-corrected chi connectivity index (χ0v) is 17.6. The van der Waals surface area contributed by atoms with Crippen molar-refractivity contribution in [3.05, 3.63) is 72.9 Å². The molecule has 0 aliphatic carbocycles. The fourth-order valence-electron chi connectivity index (χ4n) is 2.25. The van der Waals surface area contributed by atoms with Crippen LogP contribution in [0.2, 0.25) is 0 Å². The van der Waals surface area contributed by atoms with Crippen molar-refractivity contribution in [1.29, 1.82) is 0 Å². The molecule has 3 nitrogen and oxygen atoms in total. The number of aliphatic hydroxyl groups is 1. The average Bonchev–Trinajstić information content (AvgIpc) is 2.70. The Hall–Kier alpha value is -2.13. The Balaban J connectivity index is 3.54. The van der Waals surface area contributed by atoms with Crippen LogP contribution in [0, 0.1) is 0 Å². The second-order valence-corrected chi connectivity index (χ2v) is 6.38. The molecule has 0 saturated carbocycles. The number of hydrogen-bond acceptors (Lipinski definition) is 2. The third kappa shape index (κ3) is 21.9. The van der Waals surface area contributed by atoms with Crippen molar-refractivity contribution in [2.45, 2.75) is 64.7 Å². The third-order valence-electron chi connectivity index (χ3n) is 3.79. The first-order valence-electron chi connectivity index (χ1n) is 10.6. The lowest BCUT2D eigenvalue weighted by Gasteiger charge is -2.01. The summed E-state index contributed by atoms with van der Waals surface area (Å²) in [6, 6.07) is 0. The van der Waals surface area contributed by atoms with E-state index < -0.39 is 0 Å². The molecule has 0 rings (SSSR count). The summed E-state index contributed by atoms with van der Waals surface area (Å²) in [5.41, 5.74) is 0. The van der Waals surface area contributed by atoms with Gasteiger partial charge in [-0.05, 0) is 51.4 Å². The van der Waals surface area contributed by atoms with Crippen molar-refractivity contribution in [1.82, 2.24) is 5.32 Å². The summed E-state index contributed by atoms with van der Waals surface area (Å²) >= 11 is 0. The van der Waals surface area contributed by atoms with Crippen LogP contribution in [0.1, 0.15) is 64.7 Å². The van der Waals surface area contributed by atoms with E-state index in [1.54, 1.807) is 0 Å². The standard InChI is InChI=1S/C25H39NO2/c1-2-3-4-5-6-7-8-9-10-11-12-13-14-15-16-17-18-19-20-22-25(28)26-23-21-24-27/h3-4,6-7,9-10,12-13,15-16,18-19,27H,2,5,8,11,14,17,20-24H2,1H3,(H,26,28)/b4-3+,7-6+,10-9+,13-12+,16-15+,19-18+. The number of nitrogens with one attached hydrogen (secondary N) is 1. The van der Waals surface area contributed by atoms with Gasteiger partial charge in [0.1, 0.15) is 0 Å². The Morgan fingerprint density at radius 3 is 1.57 bits per heavy atom. The second kappa shape index (κ2) is 22.9. The van der Waals surface area contributed by atoms with Gasteiger partial charge < -0.3 is 10.4 Å². The van der Waals surface area contributed by atoms with Gasteiger partial charge in [-0.1, -0.05) is 79.8 Å². The van der Waals surface area contributed by atoms with Crippen molar-refractivity contribution >= 4 is 5.91 Å². The summed E-state index contributed by atoms with van der Waals surface area (Å²) in [5.74, 6) is 0.0491. The van der Waals surface area contributed by atoms with Crippen LogP contribution in [0.15, 0.2) is 72.9 Å². The molecule has 0 aromatic rings. The number of allylic oxidation sites excluding steroid dienone is 12. The van der Waals surface area contributed by atoms with Gasteiger partial charge in [0, 0.05) is 19.6 Å². The van der Waals surface area contributed by atoms with E-state index in [1.165, 1.54) is 0 Å². The summed E-state index contributed by atoms with van der Waals surface area (Å²) in [6.07, 6.45) is 33.9. The number of hydrogen-bond donors (Lipinski definition) is 2. The van der Waals surface area contributed by atoms with E-state index in [0.29, 0.717) is 19.4 Å². The third-order valence-corrected chi connectivity index (χ3v) is 3.79. The van der Waals surface area contributed by atoms with Crippen molar-refractivity contribution in [3.63, 3.8) is 0 Å². The molecule has 0 spiro atoms. The monoisotopic (exact) mass is 385 g/mol. The average molecular weight is 386 g/mol. The van der Waals surface area contributed by atoms with Crippen LogP contribution in [0.3, 0.4) is 0 Å². The fourth-order valence-corrected chi connectivity index (χ4v) is 2.25. The highest BCUT2D eigenvalue weighted by molar-refractivity contribution is 5.75. The Morgan fingerprint density at radius 2 is 1.14 bits per heavy atom. The number of carbonyl (C=O) groups excluding carboxylic acids is 1. The highest BCUT2D eigenvalue weighted by Gasteiger charge is 1.97. The maximum Gasteiger partial charge on any atom is 0.220 e. The number of aliphatic hydroxyl groups excluding tert-OH is 1. The maximum atomic E-state index is 11.4. The van der Waals surface area contributed by atoms with E-state index in [2.05, 4.69) is 79.1 Å². The first-order valence-corrected chi connectivity index (χ1v) is 10.6. The van der Waals surface area contributed by atoms with Gasteiger partial charge in [0.25, 0.3) is 0 Å². The second-order valence-electron chi connectivity index (χ2n) is 6.38. The van der Waals surface area contributed by atoms with E-state index in [9.17, 15) is 4.79 Å². The molecule has 0 aliphatic rings. The van der Waals surface area contributed by atoms with E-state index >= 15 is 0 Å². The van der Waals surface area contributed by atoms with Crippen LogP contribution in [0.5, 0.6) is 0 Å². The summed E-state index contributed by atoms with van der Waals surface area (Å²) in [4.78, 5) is 11.4. The number of carbonyl (C=O) groups is 1. The lowest BCUT2D eigenvalue weighted by molar-refractivity contribution is -0.121. The predicted octanol–water partition coefficient (Wildman–Crippen LogP) is 5.96. The Labute approximate surface area is 172 Å². The summed E-state index contributed by atoms with van der Waals surface area (Å²) < 4.78 is 0. The largest absolute Gasteiger partial charge is 0.396 e. The highest BCUT2D eigenvalue weighted by atomic mass is 16.3. The molecule has 0 fully saturated rings. The van der Waals surface area contributed by atoms with Crippen molar-refractivity contribution in [3.8, 4) is 0 Å². The van der Waals surface area contributed by atoms with Crippen LogP contribution in [0.25, 0.3) is 0 Å². The fraction of sp³-hybridized carbons (Fsp3) is 0.480. The van der Waals surface area contributed by atoms with Crippen LogP contribution in [-0.2, 0) is 4.79 Å². The number of amides is 1. The molecular weight excluding hydrogens is 346 g/mol. The minimum Gasteiger partial charge on any atom is -0.396 e. The van der Waals surface area contributed by atoms with Crippen LogP contribution in [0.4, 0.5) is 0 Å². The molecule has 0 aliphatic heterocycles. The molecular formula is C25H39NO2. The Bertz CT molecular complexity index is 525. The molecule has 0 aromatic heterocycles. The van der Waals surface area contributed by atoms with Gasteiger partial charge >= 0.3 is 0 Å². The maximum absolute atomic E-state index is 11.4. The summed E-state index contributed by atoms with van der Waals surface area (Å²) in [6.45, 7) is 2.82. The predicted molar refractivity (Wildman–Crippen MR) is 122 cm³/mol. The van der Waals surface area contributed by atoms with Gasteiger partial charge in [-0.15, -0.1) is 0 Å².